The van der Waals surface area contributed by atoms with Crippen LogP contribution in [0.5, 0.6) is 0 Å². The highest BCUT2D eigenvalue weighted by atomic mass is 35.5. The van der Waals surface area contributed by atoms with Gasteiger partial charge in [0.15, 0.2) is 0 Å². The first-order valence-corrected chi connectivity index (χ1v) is 5.32. The summed E-state index contributed by atoms with van der Waals surface area (Å²) < 4.78 is 13.0. The number of nitrogens with one attached hydrogen (secondary N) is 1. The first kappa shape index (κ1) is 16.6. The Morgan fingerprint density at radius 1 is 1.35 bits per heavy atom. The van der Waals surface area contributed by atoms with E-state index in [0.717, 1.165) is 31.7 Å². The van der Waals surface area contributed by atoms with Crippen molar-refractivity contribution in [1.82, 2.24) is 15.2 Å². The van der Waals surface area contributed by atoms with Crippen molar-refractivity contribution in [2.24, 2.45) is 0 Å². The molecule has 1 aliphatic rings. The van der Waals surface area contributed by atoms with Crippen molar-refractivity contribution in [2.45, 2.75) is 6.04 Å². The second kappa shape index (κ2) is 8.64. The molecule has 1 atom stereocenters. The Kier molecular flexibility index (Phi) is 8.43. The van der Waals surface area contributed by atoms with E-state index in [4.69, 9.17) is 0 Å². The van der Waals surface area contributed by atoms with Crippen LogP contribution in [0.2, 0.25) is 0 Å². The SMILES string of the molecule is Cl.Cl.FC[C@H](c1cccnc1)N1CCNCC1. The molecule has 0 amide bonds. The van der Waals surface area contributed by atoms with Crippen molar-refractivity contribution in [3.8, 4) is 0 Å². The zero-order chi connectivity index (χ0) is 10.5. The van der Waals surface area contributed by atoms with Gasteiger partial charge in [-0.3, -0.25) is 9.88 Å². The van der Waals surface area contributed by atoms with Gasteiger partial charge in [-0.05, 0) is 11.6 Å². The lowest BCUT2D eigenvalue weighted by molar-refractivity contribution is 0.147. The van der Waals surface area contributed by atoms with Gasteiger partial charge in [-0.2, -0.15) is 0 Å². The van der Waals surface area contributed by atoms with Gasteiger partial charge in [0.2, 0.25) is 0 Å². The molecule has 1 saturated heterocycles. The van der Waals surface area contributed by atoms with Gasteiger partial charge >= 0.3 is 0 Å². The maximum atomic E-state index is 13.0. The maximum Gasteiger partial charge on any atom is 0.109 e. The fourth-order valence-electron chi connectivity index (χ4n) is 1.96. The summed E-state index contributed by atoms with van der Waals surface area (Å²) in [6.45, 7) is 3.35. The number of alkyl halides is 1. The van der Waals surface area contributed by atoms with Crippen LogP contribution in [0.1, 0.15) is 11.6 Å². The van der Waals surface area contributed by atoms with Gasteiger partial charge in [0, 0.05) is 38.6 Å². The normalized spacial score (nSPS) is 17.7. The highest BCUT2D eigenvalue weighted by molar-refractivity contribution is 5.85. The number of hydrogen-bond donors (Lipinski definition) is 1. The third-order valence-corrected chi connectivity index (χ3v) is 2.81. The number of pyridine rings is 1. The van der Waals surface area contributed by atoms with Crippen LogP contribution < -0.4 is 5.32 Å². The van der Waals surface area contributed by atoms with Gasteiger partial charge in [0.05, 0.1) is 6.04 Å². The molecule has 2 heterocycles. The van der Waals surface area contributed by atoms with Crippen molar-refractivity contribution in [3.05, 3.63) is 30.1 Å². The van der Waals surface area contributed by atoms with E-state index in [9.17, 15) is 4.39 Å². The first-order chi connectivity index (χ1) is 7.42. The second-order valence-electron chi connectivity index (χ2n) is 3.74. The van der Waals surface area contributed by atoms with Gasteiger partial charge < -0.3 is 5.32 Å². The highest BCUT2D eigenvalue weighted by Crippen LogP contribution is 2.20. The number of aromatic nitrogens is 1. The molecule has 2 rings (SSSR count). The van der Waals surface area contributed by atoms with Crippen LogP contribution in [0.4, 0.5) is 4.39 Å². The van der Waals surface area contributed by atoms with Crippen LogP contribution in [0.3, 0.4) is 0 Å². The van der Waals surface area contributed by atoms with E-state index >= 15 is 0 Å². The van der Waals surface area contributed by atoms with E-state index in [1.807, 2.05) is 12.1 Å². The molecular weight excluding hydrogens is 264 g/mol. The molecule has 1 aromatic rings. The zero-order valence-corrected chi connectivity index (χ0v) is 11.1. The maximum absolute atomic E-state index is 13.0. The molecule has 17 heavy (non-hydrogen) atoms. The Balaban J connectivity index is 0.00000128. The smallest absolute Gasteiger partial charge is 0.109 e. The summed E-state index contributed by atoms with van der Waals surface area (Å²) >= 11 is 0. The van der Waals surface area contributed by atoms with Crippen LogP contribution in [-0.4, -0.2) is 42.7 Å². The minimum absolute atomic E-state index is 0. The number of rotatable bonds is 3. The Hall–Kier alpha value is -0.420. The number of nitrogens with zero attached hydrogens (tertiary/aromatic N) is 2. The minimum atomic E-state index is -0.342. The lowest BCUT2D eigenvalue weighted by Crippen LogP contribution is -2.45. The average molecular weight is 282 g/mol. The summed E-state index contributed by atoms with van der Waals surface area (Å²) in [6.07, 6.45) is 3.48. The molecule has 1 N–H and O–H groups in total. The largest absolute Gasteiger partial charge is 0.314 e. The van der Waals surface area contributed by atoms with Crippen molar-refractivity contribution in [1.29, 1.82) is 0 Å². The molecular formula is C11H18Cl2FN3. The molecule has 1 aliphatic heterocycles. The summed E-state index contributed by atoms with van der Waals surface area (Å²) in [5.41, 5.74) is 0.974. The molecule has 0 bridgehead atoms. The van der Waals surface area contributed by atoms with E-state index in [1.165, 1.54) is 0 Å². The molecule has 0 unspecified atom stereocenters. The first-order valence-electron chi connectivity index (χ1n) is 5.32. The number of piperazine rings is 1. The molecule has 1 fully saturated rings. The molecule has 0 saturated carbocycles. The molecule has 0 spiro atoms. The van der Waals surface area contributed by atoms with Crippen molar-refractivity contribution < 1.29 is 4.39 Å². The fourth-order valence-corrected chi connectivity index (χ4v) is 1.96. The summed E-state index contributed by atoms with van der Waals surface area (Å²) in [7, 11) is 0. The summed E-state index contributed by atoms with van der Waals surface area (Å²) in [4.78, 5) is 6.21. The topological polar surface area (TPSA) is 28.2 Å². The Labute approximate surface area is 114 Å². The van der Waals surface area contributed by atoms with Crippen LogP contribution in [0.25, 0.3) is 0 Å². The molecule has 0 aliphatic carbocycles. The Bertz CT molecular complexity index is 294. The lowest BCUT2D eigenvalue weighted by Gasteiger charge is -2.33. The zero-order valence-electron chi connectivity index (χ0n) is 9.51. The monoisotopic (exact) mass is 281 g/mol. The van der Waals surface area contributed by atoms with Gasteiger partial charge in [-0.25, -0.2) is 4.39 Å². The quantitative estimate of drug-likeness (QED) is 0.917. The molecule has 98 valence electrons. The van der Waals surface area contributed by atoms with E-state index in [1.54, 1.807) is 12.4 Å². The van der Waals surface area contributed by atoms with Gasteiger partial charge in [-0.15, -0.1) is 24.8 Å². The molecule has 3 nitrogen and oxygen atoms in total. The van der Waals surface area contributed by atoms with E-state index in [-0.39, 0.29) is 37.5 Å². The average Bonchev–Trinajstić information content (AvgIpc) is 2.33. The third-order valence-electron chi connectivity index (χ3n) is 2.81. The van der Waals surface area contributed by atoms with Crippen LogP contribution >= 0.6 is 24.8 Å². The van der Waals surface area contributed by atoms with E-state index in [2.05, 4.69) is 15.2 Å². The highest BCUT2D eigenvalue weighted by Gasteiger charge is 2.21. The standard InChI is InChI=1S/C11H16FN3.2ClH/c12-8-11(10-2-1-3-14-9-10)15-6-4-13-5-7-15;;/h1-3,9,11,13H,4-8H2;2*1H/t11-;;/m1../s1. The van der Waals surface area contributed by atoms with Crippen LogP contribution in [0, 0.1) is 0 Å². The van der Waals surface area contributed by atoms with Crippen LogP contribution in [-0.2, 0) is 0 Å². The predicted octanol–water partition coefficient (Wildman–Crippen LogP) is 1.84. The van der Waals surface area contributed by atoms with Gasteiger partial charge in [0.1, 0.15) is 6.67 Å². The summed E-state index contributed by atoms with van der Waals surface area (Å²) in [5.74, 6) is 0. The van der Waals surface area contributed by atoms with Crippen molar-refractivity contribution >= 4 is 24.8 Å². The van der Waals surface area contributed by atoms with Crippen molar-refractivity contribution in [2.75, 3.05) is 32.9 Å². The fraction of sp³-hybridized carbons (Fsp3) is 0.545. The third kappa shape index (κ3) is 4.39. The minimum Gasteiger partial charge on any atom is -0.314 e. The second-order valence-corrected chi connectivity index (χ2v) is 3.74. The Morgan fingerprint density at radius 2 is 2.06 bits per heavy atom. The van der Waals surface area contributed by atoms with Crippen molar-refractivity contribution in [3.63, 3.8) is 0 Å². The molecule has 1 aromatic heterocycles. The molecule has 0 aromatic carbocycles. The van der Waals surface area contributed by atoms with E-state index < -0.39 is 0 Å². The van der Waals surface area contributed by atoms with Gasteiger partial charge in [-0.1, -0.05) is 6.07 Å². The summed E-state index contributed by atoms with van der Waals surface area (Å²) in [6, 6.07) is 3.68. The number of hydrogen-bond acceptors (Lipinski definition) is 3. The van der Waals surface area contributed by atoms with E-state index in [0.29, 0.717) is 0 Å². The lowest BCUT2D eigenvalue weighted by atomic mass is 10.1. The van der Waals surface area contributed by atoms with Gasteiger partial charge in [0.25, 0.3) is 0 Å². The summed E-state index contributed by atoms with van der Waals surface area (Å²) in [5, 5.41) is 3.27. The Morgan fingerprint density at radius 3 is 2.59 bits per heavy atom. The number of halogens is 3. The van der Waals surface area contributed by atoms with Crippen LogP contribution in [0.15, 0.2) is 24.5 Å². The predicted molar refractivity (Wildman–Crippen MR) is 71.9 cm³/mol. The molecule has 0 radical (unpaired) electrons. The molecule has 6 heteroatoms.